The van der Waals surface area contributed by atoms with Gasteiger partial charge >= 0.3 is 11.9 Å². The summed E-state index contributed by atoms with van der Waals surface area (Å²) < 4.78 is 11.1. The minimum atomic E-state index is -0.457. The van der Waals surface area contributed by atoms with Crippen LogP contribution in [-0.2, 0) is 9.47 Å². The first kappa shape index (κ1) is 21.3. The van der Waals surface area contributed by atoms with Gasteiger partial charge in [0.25, 0.3) is 0 Å². The van der Waals surface area contributed by atoms with Gasteiger partial charge in [0.2, 0.25) is 0 Å². The number of carbonyl (C=O) groups excluding carboxylic acids is 2. The highest BCUT2D eigenvalue weighted by atomic mass is 35.5. The molecule has 0 aliphatic carbocycles. The van der Waals surface area contributed by atoms with Crippen LogP contribution in [0.2, 0.25) is 10.0 Å². The van der Waals surface area contributed by atoms with Crippen molar-refractivity contribution < 1.29 is 19.1 Å². The number of carbonyl (C=O) groups is 2. The standard InChI is InChI=1S/C21H22Cl2O4/c1-3-6-19(27-21(25)16-8-5-10-18(23)13-16)11-14(2)26-20(24)15-7-4-9-17(22)12-15/h4-5,7-10,12-14,19H,3,6,11H2,1-2H3. The second kappa shape index (κ2) is 10.3. The summed E-state index contributed by atoms with van der Waals surface area (Å²) in [5.74, 6) is -0.897. The van der Waals surface area contributed by atoms with Gasteiger partial charge in [-0.15, -0.1) is 0 Å². The number of hydrogen-bond donors (Lipinski definition) is 0. The smallest absolute Gasteiger partial charge is 0.338 e. The van der Waals surface area contributed by atoms with E-state index in [9.17, 15) is 9.59 Å². The van der Waals surface area contributed by atoms with Gasteiger partial charge in [-0.1, -0.05) is 48.7 Å². The van der Waals surface area contributed by atoms with Crippen LogP contribution in [0.1, 0.15) is 53.8 Å². The maximum Gasteiger partial charge on any atom is 0.338 e. The molecule has 0 bridgehead atoms. The fourth-order valence-electron chi connectivity index (χ4n) is 2.67. The Kier molecular flexibility index (Phi) is 8.14. The number of ether oxygens (including phenoxy) is 2. The first-order valence-electron chi connectivity index (χ1n) is 8.82. The Morgan fingerprint density at radius 1 is 0.926 bits per heavy atom. The zero-order valence-corrected chi connectivity index (χ0v) is 16.8. The van der Waals surface area contributed by atoms with Gasteiger partial charge in [-0.25, -0.2) is 9.59 Å². The molecule has 0 heterocycles. The molecule has 144 valence electrons. The number of rotatable bonds is 8. The number of benzene rings is 2. The molecule has 0 saturated carbocycles. The average Bonchev–Trinajstić information content (AvgIpc) is 2.61. The van der Waals surface area contributed by atoms with E-state index < -0.39 is 18.0 Å². The number of hydrogen-bond acceptors (Lipinski definition) is 4. The molecule has 6 heteroatoms. The van der Waals surface area contributed by atoms with Gasteiger partial charge in [0.1, 0.15) is 12.2 Å². The molecule has 27 heavy (non-hydrogen) atoms. The monoisotopic (exact) mass is 408 g/mol. The molecule has 0 radical (unpaired) electrons. The molecule has 0 spiro atoms. The first-order valence-corrected chi connectivity index (χ1v) is 9.57. The van der Waals surface area contributed by atoms with Crippen molar-refractivity contribution in [2.24, 2.45) is 0 Å². The fourth-order valence-corrected chi connectivity index (χ4v) is 3.05. The van der Waals surface area contributed by atoms with Gasteiger partial charge in [0.05, 0.1) is 11.1 Å². The lowest BCUT2D eigenvalue weighted by atomic mass is 10.1. The lowest BCUT2D eigenvalue weighted by Gasteiger charge is -2.21. The van der Waals surface area contributed by atoms with E-state index in [1.165, 1.54) is 0 Å². The van der Waals surface area contributed by atoms with Crippen LogP contribution >= 0.6 is 23.2 Å². The van der Waals surface area contributed by atoms with Crippen LogP contribution in [0.3, 0.4) is 0 Å². The largest absolute Gasteiger partial charge is 0.459 e. The molecule has 0 N–H and O–H groups in total. The van der Waals surface area contributed by atoms with Crippen molar-refractivity contribution in [1.29, 1.82) is 0 Å². The van der Waals surface area contributed by atoms with E-state index in [1.807, 2.05) is 6.92 Å². The Morgan fingerprint density at radius 3 is 1.93 bits per heavy atom. The minimum Gasteiger partial charge on any atom is -0.459 e. The van der Waals surface area contributed by atoms with Gasteiger partial charge in [0, 0.05) is 16.5 Å². The Labute approximate surface area is 169 Å². The second-order valence-electron chi connectivity index (χ2n) is 6.29. The molecule has 4 nitrogen and oxygen atoms in total. The summed E-state index contributed by atoms with van der Waals surface area (Å²) in [6.45, 7) is 3.78. The average molecular weight is 409 g/mol. The minimum absolute atomic E-state index is 0.358. The molecular weight excluding hydrogens is 387 g/mol. The summed E-state index contributed by atoms with van der Waals surface area (Å²) in [6.07, 6.45) is 1.14. The highest BCUT2D eigenvalue weighted by Crippen LogP contribution is 2.18. The first-order chi connectivity index (χ1) is 12.9. The molecule has 2 unspecified atom stereocenters. The van der Waals surface area contributed by atoms with Crippen molar-refractivity contribution in [2.45, 2.75) is 45.3 Å². The van der Waals surface area contributed by atoms with Gasteiger partial charge in [-0.2, -0.15) is 0 Å². The van der Waals surface area contributed by atoms with Gasteiger partial charge < -0.3 is 9.47 Å². The summed E-state index contributed by atoms with van der Waals surface area (Å²) in [7, 11) is 0. The zero-order chi connectivity index (χ0) is 19.8. The Bertz CT molecular complexity index is 791. The van der Waals surface area contributed by atoms with Crippen LogP contribution in [0.25, 0.3) is 0 Å². The molecule has 0 saturated heterocycles. The number of esters is 2. The van der Waals surface area contributed by atoms with E-state index in [4.69, 9.17) is 32.7 Å². The highest BCUT2D eigenvalue weighted by Gasteiger charge is 2.21. The molecule has 2 aromatic carbocycles. The maximum absolute atomic E-state index is 12.3. The van der Waals surface area contributed by atoms with E-state index in [2.05, 4.69) is 0 Å². The molecule has 0 aliphatic rings. The predicted octanol–water partition coefficient (Wildman–Crippen LogP) is 5.95. The SMILES string of the molecule is CCCC(CC(C)OC(=O)c1cccc(Cl)c1)OC(=O)c1cccc(Cl)c1. The summed E-state index contributed by atoms with van der Waals surface area (Å²) in [4.78, 5) is 24.6. The molecule has 0 amide bonds. The van der Waals surface area contributed by atoms with E-state index in [0.717, 1.165) is 6.42 Å². The molecule has 2 aromatic rings. The van der Waals surface area contributed by atoms with E-state index >= 15 is 0 Å². The third-order valence-corrected chi connectivity index (χ3v) is 4.38. The van der Waals surface area contributed by atoms with E-state index in [0.29, 0.717) is 34.0 Å². The van der Waals surface area contributed by atoms with Crippen molar-refractivity contribution >= 4 is 35.1 Å². The summed E-state index contributed by atoms with van der Waals surface area (Å²) >= 11 is 11.8. The van der Waals surface area contributed by atoms with Crippen molar-refractivity contribution in [1.82, 2.24) is 0 Å². The Balaban J connectivity index is 1.96. The summed E-state index contributed by atoms with van der Waals surface area (Å²) in [5.41, 5.74) is 0.782. The van der Waals surface area contributed by atoms with Crippen LogP contribution < -0.4 is 0 Å². The van der Waals surface area contributed by atoms with Crippen LogP contribution in [0, 0.1) is 0 Å². The molecule has 2 atom stereocenters. The van der Waals surface area contributed by atoms with Gasteiger partial charge in [-0.05, 0) is 49.7 Å². The normalized spacial score (nSPS) is 12.9. The lowest BCUT2D eigenvalue weighted by molar-refractivity contribution is 0.00162. The Morgan fingerprint density at radius 2 is 1.44 bits per heavy atom. The molecule has 2 rings (SSSR count). The summed E-state index contributed by atoms with van der Waals surface area (Å²) in [6, 6.07) is 13.2. The van der Waals surface area contributed by atoms with Crippen molar-refractivity contribution in [3.63, 3.8) is 0 Å². The van der Waals surface area contributed by atoms with Crippen LogP contribution in [-0.4, -0.2) is 24.1 Å². The zero-order valence-electron chi connectivity index (χ0n) is 15.3. The van der Waals surface area contributed by atoms with Crippen LogP contribution in [0.5, 0.6) is 0 Å². The quantitative estimate of drug-likeness (QED) is 0.505. The summed E-state index contributed by atoms with van der Waals surface area (Å²) in [5, 5.41) is 0.941. The van der Waals surface area contributed by atoms with Crippen LogP contribution in [0.4, 0.5) is 0 Å². The molecule has 0 aliphatic heterocycles. The molecule has 0 aromatic heterocycles. The lowest BCUT2D eigenvalue weighted by Crippen LogP contribution is -2.25. The maximum atomic E-state index is 12.3. The van der Waals surface area contributed by atoms with Crippen molar-refractivity contribution in [3.05, 3.63) is 69.7 Å². The molecule has 0 fully saturated rings. The second-order valence-corrected chi connectivity index (χ2v) is 7.16. The van der Waals surface area contributed by atoms with Crippen LogP contribution in [0.15, 0.2) is 48.5 Å². The molecular formula is C21H22Cl2O4. The third kappa shape index (κ3) is 6.89. The predicted molar refractivity (Wildman–Crippen MR) is 107 cm³/mol. The third-order valence-electron chi connectivity index (χ3n) is 3.91. The van der Waals surface area contributed by atoms with E-state index in [1.54, 1.807) is 55.5 Å². The number of halogens is 2. The topological polar surface area (TPSA) is 52.6 Å². The highest BCUT2D eigenvalue weighted by molar-refractivity contribution is 6.31. The van der Waals surface area contributed by atoms with E-state index in [-0.39, 0.29) is 6.10 Å². The van der Waals surface area contributed by atoms with Crippen molar-refractivity contribution in [3.8, 4) is 0 Å². The fraction of sp³-hybridized carbons (Fsp3) is 0.333. The van der Waals surface area contributed by atoms with Crippen molar-refractivity contribution in [2.75, 3.05) is 0 Å². The Hall–Kier alpha value is -2.04. The van der Waals surface area contributed by atoms with Gasteiger partial charge in [0.15, 0.2) is 0 Å². The van der Waals surface area contributed by atoms with Gasteiger partial charge in [-0.3, -0.25) is 0 Å².